The summed E-state index contributed by atoms with van der Waals surface area (Å²) in [7, 11) is -3.88. The van der Waals surface area contributed by atoms with Gasteiger partial charge >= 0.3 is 5.97 Å². The molecule has 1 aromatic rings. The zero-order valence-corrected chi connectivity index (χ0v) is 13.8. The van der Waals surface area contributed by atoms with E-state index in [-0.39, 0.29) is 4.90 Å². The number of amides is 1. The predicted molar refractivity (Wildman–Crippen MR) is 83.2 cm³/mol. The molecule has 0 saturated carbocycles. The second-order valence-corrected chi connectivity index (χ2v) is 7.72. The van der Waals surface area contributed by atoms with E-state index in [9.17, 15) is 23.1 Å². The molecule has 1 amide bonds. The van der Waals surface area contributed by atoms with Gasteiger partial charge in [0.25, 0.3) is 0 Å². The Bertz CT molecular complexity index is 700. The van der Waals surface area contributed by atoms with Gasteiger partial charge in [0.15, 0.2) is 0 Å². The summed E-state index contributed by atoms with van der Waals surface area (Å²) in [6.07, 6.45) is 0.965. The van der Waals surface area contributed by atoms with E-state index >= 15 is 0 Å². The van der Waals surface area contributed by atoms with Crippen molar-refractivity contribution in [1.29, 1.82) is 0 Å². The molecule has 126 valence electrons. The molecule has 0 unspecified atom stereocenters. The highest BCUT2D eigenvalue weighted by molar-refractivity contribution is 7.89. The van der Waals surface area contributed by atoms with E-state index in [0.29, 0.717) is 19.4 Å². The molecule has 7 nitrogen and oxygen atoms in total. The van der Waals surface area contributed by atoms with E-state index in [0.717, 1.165) is 0 Å². The van der Waals surface area contributed by atoms with Crippen LogP contribution in [0, 0.1) is 0 Å². The van der Waals surface area contributed by atoms with Crippen LogP contribution in [0.5, 0.6) is 0 Å². The van der Waals surface area contributed by atoms with Gasteiger partial charge in [-0.2, -0.15) is 4.72 Å². The van der Waals surface area contributed by atoms with Crippen molar-refractivity contribution in [3.63, 3.8) is 0 Å². The number of sulfonamides is 1. The van der Waals surface area contributed by atoms with Crippen molar-refractivity contribution >= 4 is 21.9 Å². The minimum atomic E-state index is -3.88. The van der Waals surface area contributed by atoms with Crippen LogP contribution in [0.25, 0.3) is 0 Å². The van der Waals surface area contributed by atoms with Crippen LogP contribution in [0.1, 0.15) is 26.7 Å². The molecule has 1 aliphatic rings. The van der Waals surface area contributed by atoms with Crippen LogP contribution in [0.3, 0.4) is 0 Å². The summed E-state index contributed by atoms with van der Waals surface area (Å²) in [5, 5.41) is 9.18. The fourth-order valence-electron chi connectivity index (χ4n) is 2.66. The highest BCUT2D eigenvalue weighted by Gasteiger charge is 2.42. The summed E-state index contributed by atoms with van der Waals surface area (Å²) in [5.74, 6) is -1.61. The highest BCUT2D eigenvalue weighted by Crippen LogP contribution is 2.23. The molecule has 1 aromatic carbocycles. The Morgan fingerprint density at radius 2 is 1.87 bits per heavy atom. The normalized spacial score (nSPS) is 18.9. The molecule has 8 heteroatoms. The fourth-order valence-corrected chi connectivity index (χ4v) is 4.06. The molecule has 0 bridgehead atoms. The molecule has 1 fully saturated rings. The minimum absolute atomic E-state index is 0.0529. The van der Waals surface area contributed by atoms with Crippen molar-refractivity contribution < 1.29 is 23.1 Å². The number of hydrogen-bond acceptors (Lipinski definition) is 4. The quantitative estimate of drug-likeness (QED) is 0.826. The van der Waals surface area contributed by atoms with Crippen molar-refractivity contribution in [2.24, 2.45) is 0 Å². The molecule has 0 radical (unpaired) electrons. The van der Waals surface area contributed by atoms with Crippen LogP contribution in [0.2, 0.25) is 0 Å². The molecule has 1 heterocycles. The van der Waals surface area contributed by atoms with Gasteiger partial charge in [0.05, 0.1) is 4.90 Å². The predicted octanol–water partition coefficient (Wildman–Crippen LogP) is 0.819. The van der Waals surface area contributed by atoms with Crippen LogP contribution in [-0.4, -0.2) is 48.4 Å². The number of aliphatic carboxylic acids is 1. The molecule has 0 aromatic heterocycles. The molecule has 2 rings (SSSR count). The van der Waals surface area contributed by atoms with Crippen LogP contribution in [0.4, 0.5) is 0 Å². The Morgan fingerprint density at radius 1 is 1.26 bits per heavy atom. The van der Waals surface area contributed by atoms with E-state index in [2.05, 4.69) is 4.72 Å². The van der Waals surface area contributed by atoms with Gasteiger partial charge in [-0.15, -0.1) is 0 Å². The largest absolute Gasteiger partial charge is 0.480 e. The van der Waals surface area contributed by atoms with Gasteiger partial charge < -0.3 is 10.0 Å². The van der Waals surface area contributed by atoms with Crippen LogP contribution in [-0.2, 0) is 19.6 Å². The average Bonchev–Trinajstić information content (AvgIpc) is 2.95. The maximum atomic E-state index is 12.6. The number of benzene rings is 1. The molecule has 1 saturated heterocycles. The van der Waals surface area contributed by atoms with Crippen molar-refractivity contribution in [3.05, 3.63) is 30.3 Å². The third kappa shape index (κ3) is 3.70. The summed E-state index contributed by atoms with van der Waals surface area (Å²) in [4.78, 5) is 25.1. The Labute approximate surface area is 135 Å². The molecular weight excluding hydrogens is 320 g/mol. The van der Waals surface area contributed by atoms with Gasteiger partial charge in [-0.25, -0.2) is 13.2 Å². The lowest BCUT2D eigenvalue weighted by Crippen LogP contribution is -2.57. The summed E-state index contributed by atoms with van der Waals surface area (Å²) >= 11 is 0. The number of nitrogens with zero attached hydrogens (tertiary/aromatic N) is 1. The Hall–Kier alpha value is -1.93. The van der Waals surface area contributed by atoms with Crippen molar-refractivity contribution in [1.82, 2.24) is 9.62 Å². The summed E-state index contributed by atoms with van der Waals surface area (Å²) < 4.78 is 27.1. The van der Waals surface area contributed by atoms with Crippen LogP contribution >= 0.6 is 0 Å². The van der Waals surface area contributed by atoms with Gasteiger partial charge in [0, 0.05) is 6.54 Å². The summed E-state index contributed by atoms with van der Waals surface area (Å²) in [6, 6.07) is 6.83. The molecule has 2 N–H and O–H groups in total. The molecule has 0 aliphatic carbocycles. The van der Waals surface area contributed by atoms with E-state index in [4.69, 9.17) is 0 Å². The monoisotopic (exact) mass is 340 g/mol. The lowest BCUT2D eigenvalue weighted by atomic mass is 10.0. The number of carboxylic acids is 1. The first kappa shape index (κ1) is 17.4. The second kappa shape index (κ2) is 6.29. The zero-order valence-electron chi connectivity index (χ0n) is 13.0. The smallest absolute Gasteiger partial charge is 0.326 e. The third-order valence-electron chi connectivity index (χ3n) is 3.78. The van der Waals surface area contributed by atoms with E-state index < -0.39 is 33.5 Å². The summed E-state index contributed by atoms with van der Waals surface area (Å²) in [6.45, 7) is 3.19. The SMILES string of the molecule is CC(C)(NS(=O)(=O)c1ccccc1)C(=O)N1CCC[C@H]1C(=O)O. The number of carbonyl (C=O) groups excluding carboxylic acids is 1. The Balaban J connectivity index is 2.21. The fraction of sp³-hybridized carbons (Fsp3) is 0.467. The first-order chi connectivity index (χ1) is 10.6. The van der Waals surface area contributed by atoms with Crippen LogP contribution in [0.15, 0.2) is 35.2 Å². The average molecular weight is 340 g/mol. The van der Waals surface area contributed by atoms with Gasteiger partial charge in [0.2, 0.25) is 15.9 Å². The number of nitrogens with one attached hydrogen (secondary N) is 1. The van der Waals surface area contributed by atoms with E-state index in [1.807, 2.05) is 0 Å². The highest BCUT2D eigenvalue weighted by atomic mass is 32.2. The number of likely N-dealkylation sites (tertiary alicyclic amines) is 1. The summed E-state index contributed by atoms with van der Waals surface area (Å²) in [5.41, 5.74) is -1.44. The van der Waals surface area contributed by atoms with Gasteiger partial charge in [-0.1, -0.05) is 18.2 Å². The van der Waals surface area contributed by atoms with Gasteiger partial charge in [-0.3, -0.25) is 4.79 Å². The second-order valence-electron chi connectivity index (χ2n) is 6.04. The van der Waals surface area contributed by atoms with Gasteiger partial charge in [0.1, 0.15) is 11.6 Å². The lowest BCUT2D eigenvalue weighted by molar-refractivity contribution is -0.150. The van der Waals surface area contributed by atoms with E-state index in [1.54, 1.807) is 18.2 Å². The molecule has 1 atom stereocenters. The Morgan fingerprint density at radius 3 is 2.43 bits per heavy atom. The van der Waals surface area contributed by atoms with Crippen molar-refractivity contribution in [2.45, 2.75) is 43.2 Å². The molecular formula is C15H20N2O5S. The topological polar surface area (TPSA) is 104 Å². The minimum Gasteiger partial charge on any atom is -0.480 e. The third-order valence-corrected chi connectivity index (χ3v) is 5.45. The lowest BCUT2D eigenvalue weighted by Gasteiger charge is -2.32. The molecule has 1 aliphatic heterocycles. The van der Waals surface area contributed by atoms with Crippen molar-refractivity contribution in [3.8, 4) is 0 Å². The van der Waals surface area contributed by atoms with Gasteiger partial charge in [-0.05, 0) is 38.8 Å². The first-order valence-electron chi connectivity index (χ1n) is 7.28. The number of carboxylic acid groups (broad SMARTS) is 1. The van der Waals surface area contributed by atoms with Crippen molar-refractivity contribution in [2.75, 3.05) is 6.54 Å². The standard InChI is InChI=1S/C15H20N2O5S/c1-15(2,14(20)17-10-6-9-12(17)13(18)19)16-23(21,22)11-7-4-3-5-8-11/h3-5,7-8,12,16H,6,9-10H2,1-2H3,(H,18,19)/t12-/m0/s1. The maximum Gasteiger partial charge on any atom is 0.326 e. The van der Waals surface area contributed by atoms with E-state index in [1.165, 1.54) is 30.9 Å². The molecule has 0 spiro atoms. The number of rotatable bonds is 5. The maximum absolute atomic E-state index is 12.6. The zero-order chi connectivity index (χ0) is 17.3. The molecule has 23 heavy (non-hydrogen) atoms. The number of hydrogen-bond donors (Lipinski definition) is 2. The van der Waals surface area contributed by atoms with Crippen LogP contribution < -0.4 is 4.72 Å². The first-order valence-corrected chi connectivity index (χ1v) is 8.76. The Kier molecular flexibility index (Phi) is 4.76. The number of carbonyl (C=O) groups is 2.